The van der Waals surface area contributed by atoms with Gasteiger partial charge in [-0.25, -0.2) is 0 Å². The van der Waals surface area contributed by atoms with Crippen LogP contribution in [0, 0.1) is 11.8 Å². The molecule has 0 saturated heterocycles. The van der Waals surface area contributed by atoms with Crippen LogP contribution in [0.25, 0.3) is 0 Å². The van der Waals surface area contributed by atoms with E-state index in [1.54, 1.807) is 13.0 Å². The Balaban J connectivity index is 2.48. The van der Waals surface area contributed by atoms with Crippen LogP contribution in [0.4, 0.5) is 5.69 Å². The van der Waals surface area contributed by atoms with Crippen LogP contribution in [0.5, 0.6) is 5.75 Å². The first-order chi connectivity index (χ1) is 18.1. The predicted molar refractivity (Wildman–Crippen MR) is 147 cm³/mol. The number of nitrogens with one attached hydrogen (secondary N) is 1. The molecule has 4 N–H and O–H groups in total. The van der Waals surface area contributed by atoms with Crippen molar-refractivity contribution in [3.05, 3.63) is 47.2 Å². The number of aromatic hydroxyl groups is 1. The number of anilines is 1. The fourth-order valence-corrected chi connectivity index (χ4v) is 4.79. The second kappa shape index (κ2) is 15.4. The average molecular weight is 530 g/mol. The Hall–Kier alpha value is -2.97. The van der Waals surface area contributed by atoms with Crippen LogP contribution >= 0.6 is 0 Å². The van der Waals surface area contributed by atoms with Crippen LogP contribution in [-0.4, -0.2) is 46.0 Å². The van der Waals surface area contributed by atoms with Crippen LogP contribution in [0.1, 0.15) is 90.2 Å². The highest BCUT2D eigenvalue weighted by Crippen LogP contribution is 2.29. The number of unbranched alkanes of at least 4 members (excludes halogenated alkanes) is 2. The van der Waals surface area contributed by atoms with E-state index in [9.17, 15) is 29.7 Å². The third kappa shape index (κ3) is 9.40. The van der Waals surface area contributed by atoms with Crippen molar-refractivity contribution in [3.8, 4) is 5.75 Å². The number of carbonyl (C=O) groups is 3. The molecule has 2 rings (SSSR count). The molecular weight excluding hydrogens is 486 g/mol. The van der Waals surface area contributed by atoms with Gasteiger partial charge < -0.3 is 25.4 Å². The van der Waals surface area contributed by atoms with Crippen molar-refractivity contribution in [1.29, 1.82) is 0 Å². The maximum absolute atomic E-state index is 13.3. The van der Waals surface area contributed by atoms with E-state index in [0.717, 1.165) is 25.3 Å². The summed E-state index contributed by atoms with van der Waals surface area (Å²) in [7, 11) is 1.48. The first-order valence-corrected chi connectivity index (χ1v) is 13.6. The Bertz CT molecular complexity index is 1030. The van der Waals surface area contributed by atoms with Gasteiger partial charge in [0.05, 0.1) is 17.8 Å². The molecule has 2 unspecified atom stereocenters. The third-order valence-electron chi connectivity index (χ3n) is 7.10. The third-order valence-corrected chi connectivity index (χ3v) is 7.10. The quantitative estimate of drug-likeness (QED) is 0.347. The van der Waals surface area contributed by atoms with E-state index in [0.29, 0.717) is 37.7 Å². The van der Waals surface area contributed by atoms with Crippen LogP contribution in [0.3, 0.4) is 0 Å². The minimum Gasteiger partial charge on any atom is -0.512 e. The highest BCUT2D eigenvalue weighted by molar-refractivity contribution is 6.00. The van der Waals surface area contributed by atoms with E-state index >= 15 is 0 Å². The summed E-state index contributed by atoms with van der Waals surface area (Å²) in [5.41, 5.74) is 0.976. The van der Waals surface area contributed by atoms with Crippen LogP contribution in [0.2, 0.25) is 0 Å². The first-order valence-electron chi connectivity index (χ1n) is 13.6. The number of phenolic OH excluding ortho intramolecular Hbond substituents is 1. The Morgan fingerprint density at radius 2 is 1.79 bits per heavy atom. The molecule has 1 aliphatic heterocycles. The molecule has 38 heavy (non-hydrogen) atoms. The van der Waals surface area contributed by atoms with Gasteiger partial charge in [-0.05, 0) is 62.3 Å². The summed E-state index contributed by atoms with van der Waals surface area (Å²) in [5, 5.41) is 34.3. The zero-order chi connectivity index (χ0) is 28.2. The summed E-state index contributed by atoms with van der Waals surface area (Å²) in [4.78, 5) is 39.0. The molecule has 1 aromatic carbocycles. The number of hydrogen-bond donors (Lipinski definition) is 4. The van der Waals surface area contributed by atoms with Gasteiger partial charge in [-0.2, -0.15) is 0 Å². The fourth-order valence-electron chi connectivity index (χ4n) is 4.79. The number of fused-ring (bicyclic) bond motifs is 2. The summed E-state index contributed by atoms with van der Waals surface area (Å²) in [6.07, 6.45) is 6.10. The number of rotatable bonds is 6. The maximum Gasteiger partial charge on any atom is 0.231 e. The number of aliphatic hydroxyl groups is 2. The molecular formula is C30H43NO7. The van der Waals surface area contributed by atoms with Gasteiger partial charge in [0.15, 0.2) is 11.6 Å². The van der Waals surface area contributed by atoms with Gasteiger partial charge in [-0.3, -0.25) is 14.4 Å². The molecule has 0 saturated carbocycles. The van der Waals surface area contributed by atoms with Gasteiger partial charge >= 0.3 is 0 Å². The van der Waals surface area contributed by atoms with E-state index in [2.05, 4.69) is 12.2 Å². The summed E-state index contributed by atoms with van der Waals surface area (Å²) >= 11 is 0. The average Bonchev–Trinajstić information content (AvgIpc) is 2.86. The molecule has 0 aromatic heterocycles. The number of allylic oxidation sites excluding steroid dienone is 2. The van der Waals surface area contributed by atoms with E-state index in [4.69, 9.17) is 4.74 Å². The largest absolute Gasteiger partial charge is 0.512 e. The smallest absolute Gasteiger partial charge is 0.231 e. The molecule has 0 aliphatic carbocycles. The predicted octanol–water partition coefficient (Wildman–Crippen LogP) is 5.70. The number of amides is 1. The van der Waals surface area contributed by atoms with Crippen molar-refractivity contribution in [1.82, 2.24) is 0 Å². The normalized spacial score (nSPS) is 27.2. The first kappa shape index (κ1) is 31.2. The maximum atomic E-state index is 13.3. The molecule has 1 amide bonds. The Kier molecular flexibility index (Phi) is 12.7. The topological polar surface area (TPSA) is 133 Å². The molecule has 0 fully saturated rings. The molecule has 2 bridgehead atoms. The number of hydrogen-bond acceptors (Lipinski definition) is 7. The lowest BCUT2D eigenvalue weighted by Crippen LogP contribution is -2.26. The van der Waals surface area contributed by atoms with E-state index < -0.39 is 23.9 Å². The lowest BCUT2D eigenvalue weighted by molar-refractivity contribution is -0.125. The molecule has 1 aliphatic rings. The second-order valence-corrected chi connectivity index (χ2v) is 10.1. The van der Waals surface area contributed by atoms with Gasteiger partial charge in [0.1, 0.15) is 11.9 Å². The number of phenols is 1. The highest BCUT2D eigenvalue weighted by atomic mass is 16.5. The summed E-state index contributed by atoms with van der Waals surface area (Å²) in [5.74, 6) is -2.05. The van der Waals surface area contributed by atoms with Crippen molar-refractivity contribution >= 4 is 23.2 Å². The second-order valence-electron chi connectivity index (χ2n) is 10.1. The van der Waals surface area contributed by atoms with Crippen molar-refractivity contribution in [3.63, 3.8) is 0 Å². The Morgan fingerprint density at radius 1 is 1.05 bits per heavy atom. The minimum atomic E-state index is -1.24. The molecule has 210 valence electrons. The van der Waals surface area contributed by atoms with E-state index in [1.165, 1.54) is 25.3 Å². The van der Waals surface area contributed by atoms with Crippen molar-refractivity contribution in [2.75, 3.05) is 12.4 Å². The highest BCUT2D eigenvalue weighted by Gasteiger charge is 2.24. The van der Waals surface area contributed by atoms with Crippen molar-refractivity contribution in [2.24, 2.45) is 11.8 Å². The summed E-state index contributed by atoms with van der Waals surface area (Å²) < 4.78 is 5.48. The zero-order valence-corrected chi connectivity index (χ0v) is 23.0. The summed E-state index contributed by atoms with van der Waals surface area (Å²) in [6.45, 7) is 5.67. The lowest BCUT2D eigenvalue weighted by Gasteiger charge is -2.19. The molecule has 0 radical (unpaired) electrons. The number of Topliss-reactive ketones (excluding diaryl/α,β-unsaturated/α-hetero) is 1. The SMILES string of the molecule is CCCCC[C@H]1/C=C(\C)C(=O)C(OC)CCCC(CC)/C(O)=C\C(=O)C[C@H](O)c2cc(O)cc(c2)NC1=O. The summed E-state index contributed by atoms with van der Waals surface area (Å²) in [6, 6.07) is 4.20. The van der Waals surface area contributed by atoms with Gasteiger partial charge in [0.2, 0.25) is 5.91 Å². The molecule has 8 heteroatoms. The number of ketones is 2. The number of aliphatic hydroxyl groups excluding tert-OH is 2. The van der Waals surface area contributed by atoms with E-state index in [1.807, 2.05) is 6.92 Å². The van der Waals surface area contributed by atoms with Crippen LogP contribution in [0.15, 0.2) is 41.7 Å². The number of carbonyl (C=O) groups excluding carboxylic acids is 3. The molecule has 4 atom stereocenters. The number of methoxy groups -OCH3 is 1. The molecule has 1 aromatic rings. The monoisotopic (exact) mass is 529 g/mol. The molecule has 0 spiro atoms. The van der Waals surface area contributed by atoms with E-state index in [-0.39, 0.29) is 46.8 Å². The van der Waals surface area contributed by atoms with Gasteiger partial charge in [0, 0.05) is 37.3 Å². The van der Waals surface area contributed by atoms with Crippen LogP contribution in [-0.2, 0) is 19.1 Å². The standard InChI is InChI=1S/C30H43NO7/c1-5-7-8-10-21-13-19(3)29(36)28(38-4)12-9-11-20(6-2)26(34)17-25(33)18-27(35)22-14-23(31-30(21)37)16-24(32)15-22/h13-17,20-21,27-28,32,34-35H,5-12,18H2,1-4H3,(H,31,37)/b19-13+,26-17+/t20?,21-,27-,28?/m0/s1. The fraction of sp³-hybridized carbons (Fsp3) is 0.567. The Labute approximate surface area is 225 Å². The van der Waals surface area contributed by atoms with Crippen molar-refractivity contribution in [2.45, 2.75) is 90.8 Å². The number of ether oxygens (including phenoxy) is 1. The zero-order valence-electron chi connectivity index (χ0n) is 23.0. The Morgan fingerprint density at radius 3 is 2.45 bits per heavy atom. The number of benzene rings is 1. The minimum absolute atomic E-state index is 0.0576. The van der Waals surface area contributed by atoms with Gasteiger partial charge in [0.25, 0.3) is 0 Å². The van der Waals surface area contributed by atoms with Crippen molar-refractivity contribution < 1.29 is 34.4 Å². The lowest BCUT2D eigenvalue weighted by atomic mass is 9.92. The van der Waals surface area contributed by atoms with Gasteiger partial charge in [-0.1, -0.05) is 39.2 Å². The molecule has 1 heterocycles. The molecule has 8 nitrogen and oxygen atoms in total. The van der Waals surface area contributed by atoms with Gasteiger partial charge in [-0.15, -0.1) is 0 Å². The van der Waals surface area contributed by atoms with Crippen LogP contribution < -0.4 is 5.32 Å².